The third kappa shape index (κ3) is 1.43. The van der Waals surface area contributed by atoms with E-state index in [0.29, 0.717) is 5.02 Å². The molecule has 3 heteroatoms. The highest BCUT2D eigenvalue weighted by molar-refractivity contribution is 6.31. The van der Waals surface area contributed by atoms with Crippen molar-refractivity contribution >= 4 is 11.6 Å². The van der Waals surface area contributed by atoms with Gasteiger partial charge in [-0.3, -0.25) is 0 Å². The molecule has 0 saturated heterocycles. The molecule has 0 aliphatic heterocycles. The largest absolute Gasteiger partial charge is 0.327 e. The van der Waals surface area contributed by atoms with Crippen molar-refractivity contribution in [2.45, 2.75) is 31.2 Å². The second-order valence-corrected chi connectivity index (χ2v) is 4.48. The molecule has 1 aliphatic rings. The van der Waals surface area contributed by atoms with Crippen molar-refractivity contribution in [3.8, 4) is 0 Å². The quantitative estimate of drug-likeness (QED) is 0.803. The van der Waals surface area contributed by atoms with Crippen molar-refractivity contribution in [2.75, 3.05) is 0 Å². The standard InChI is InChI=1S/C11H13ClFN/c1-7(14)11(4-5-11)9-3-2-8(13)6-10(9)12/h2-3,6-7H,4-5,14H2,1H3. The Hall–Kier alpha value is -0.600. The van der Waals surface area contributed by atoms with E-state index in [-0.39, 0.29) is 17.3 Å². The van der Waals surface area contributed by atoms with Crippen LogP contribution in [-0.4, -0.2) is 6.04 Å². The van der Waals surface area contributed by atoms with Crippen LogP contribution in [0.4, 0.5) is 4.39 Å². The van der Waals surface area contributed by atoms with Gasteiger partial charge >= 0.3 is 0 Å². The van der Waals surface area contributed by atoms with E-state index in [1.165, 1.54) is 12.1 Å². The molecule has 1 aromatic carbocycles. The minimum Gasteiger partial charge on any atom is -0.327 e. The third-order valence-electron chi connectivity index (χ3n) is 3.13. The molecule has 2 rings (SSSR count). The second kappa shape index (κ2) is 3.21. The van der Waals surface area contributed by atoms with Crippen LogP contribution in [-0.2, 0) is 5.41 Å². The number of hydrogen-bond acceptors (Lipinski definition) is 1. The van der Waals surface area contributed by atoms with Gasteiger partial charge in [0.15, 0.2) is 0 Å². The first-order valence-corrected chi connectivity index (χ1v) is 5.15. The Morgan fingerprint density at radius 3 is 2.57 bits per heavy atom. The summed E-state index contributed by atoms with van der Waals surface area (Å²) in [5, 5.41) is 0.500. The number of nitrogens with two attached hydrogens (primary N) is 1. The SMILES string of the molecule is CC(N)C1(c2ccc(F)cc2Cl)CC1. The molecule has 2 N–H and O–H groups in total. The molecular formula is C11H13ClFN. The highest BCUT2D eigenvalue weighted by Crippen LogP contribution is 2.52. The first-order chi connectivity index (χ1) is 6.56. The average molecular weight is 214 g/mol. The van der Waals surface area contributed by atoms with Gasteiger partial charge in [-0.1, -0.05) is 17.7 Å². The van der Waals surface area contributed by atoms with Crippen molar-refractivity contribution < 1.29 is 4.39 Å². The zero-order valence-electron chi connectivity index (χ0n) is 8.06. The molecule has 1 aliphatic carbocycles. The Labute approximate surface area is 88.1 Å². The Morgan fingerprint density at radius 1 is 1.50 bits per heavy atom. The topological polar surface area (TPSA) is 26.0 Å². The van der Waals surface area contributed by atoms with Gasteiger partial charge in [-0.25, -0.2) is 4.39 Å². The normalized spacial score (nSPS) is 20.6. The molecular weight excluding hydrogens is 201 g/mol. The molecule has 1 atom stereocenters. The zero-order chi connectivity index (χ0) is 10.3. The first-order valence-electron chi connectivity index (χ1n) is 4.77. The third-order valence-corrected chi connectivity index (χ3v) is 3.44. The Balaban J connectivity index is 2.42. The van der Waals surface area contributed by atoms with Gasteiger partial charge in [-0.15, -0.1) is 0 Å². The summed E-state index contributed by atoms with van der Waals surface area (Å²) in [5.41, 5.74) is 6.92. The van der Waals surface area contributed by atoms with Crippen molar-refractivity contribution in [1.29, 1.82) is 0 Å². The predicted octanol–water partition coefficient (Wildman–Crippen LogP) is 2.86. The zero-order valence-corrected chi connectivity index (χ0v) is 8.81. The fourth-order valence-electron chi connectivity index (χ4n) is 2.00. The fraction of sp³-hybridized carbons (Fsp3) is 0.455. The summed E-state index contributed by atoms with van der Waals surface area (Å²) in [6.45, 7) is 1.98. The predicted molar refractivity (Wildman–Crippen MR) is 56.0 cm³/mol. The minimum absolute atomic E-state index is 0.00475. The molecule has 0 spiro atoms. The van der Waals surface area contributed by atoms with Gasteiger partial charge in [-0.05, 0) is 37.5 Å². The molecule has 76 valence electrons. The lowest BCUT2D eigenvalue weighted by Crippen LogP contribution is -2.31. The van der Waals surface area contributed by atoms with E-state index in [2.05, 4.69) is 0 Å². The van der Waals surface area contributed by atoms with Crippen LogP contribution in [0.2, 0.25) is 5.02 Å². The lowest BCUT2D eigenvalue weighted by atomic mass is 9.89. The van der Waals surface area contributed by atoms with E-state index in [1.807, 2.05) is 6.92 Å². The number of hydrogen-bond donors (Lipinski definition) is 1. The Kier molecular flexibility index (Phi) is 2.28. The van der Waals surface area contributed by atoms with Gasteiger partial charge < -0.3 is 5.73 Å². The van der Waals surface area contributed by atoms with Crippen LogP contribution >= 0.6 is 11.6 Å². The van der Waals surface area contributed by atoms with Gasteiger partial charge in [0.05, 0.1) is 0 Å². The van der Waals surface area contributed by atoms with Gasteiger partial charge in [0.25, 0.3) is 0 Å². The lowest BCUT2D eigenvalue weighted by molar-refractivity contribution is 0.554. The lowest BCUT2D eigenvalue weighted by Gasteiger charge is -2.21. The average Bonchev–Trinajstić information content (AvgIpc) is 2.84. The summed E-state index contributed by atoms with van der Waals surface area (Å²) in [6, 6.07) is 4.64. The summed E-state index contributed by atoms with van der Waals surface area (Å²) in [6.07, 6.45) is 2.10. The molecule has 1 aromatic rings. The van der Waals surface area contributed by atoms with Crippen molar-refractivity contribution in [3.05, 3.63) is 34.6 Å². The molecule has 0 heterocycles. The summed E-state index contributed by atoms with van der Waals surface area (Å²) < 4.78 is 12.8. The number of rotatable bonds is 2. The van der Waals surface area contributed by atoms with E-state index in [9.17, 15) is 4.39 Å². The van der Waals surface area contributed by atoms with Crippen LogP contribution in [0.15, 0.2) is 18.2 Å². The summed E-state index contributed by atoms with van der Waals surface area (Å²) >= 11 is 6.00. The van der Waals surface area contributed by atoms with Crippen LogP contribution in [0.5, 0.6) is 0 Å². The maximum atomic E-state index is 12.8. The second-order valence-electron chi connectivity index (χ2n) is 4.07. The molecule has 0 radical (unpaired) electrons. The maximum absolute atomic E-state index is 12.8. The van der Waals surface area contributed by atoms with Gasteiger partial charge in [0.1, 0.15) is 5.82 Å². The van der Waals surface area contributed by atoms with Crippen molar-refractivity contribution in [1.82, 2.24) is 0 Å². The van der Waals surface area contributed by atoms with Crippen LogP contribution in [0.25, 0.3) is 0 Å². The van der Waals surface area contributed by atoms with Gasteiger partial charge in [-0.2, -0.15) is 0 Å². The van der Waals surface area contributed by atoms with Crippen molar-refractivity contribution in [2.24, 2.45) is 5.73 Å². The first kappa shape index (κ1) is 9.94. The van der Waals surface area contributed by atoms with E-state index >= 15 is 0 Å². The minimum atomic E-state index is -0.292. The summed E-state index contributed by atoms with van der Waals surface area (Å²) in [4.78, 5) is 0. The smallest absolute Gasteiger partial charge is 0.124 e. The van der Waals surface area contributed by atoms with Crippen LogP contribution in [0.1, 0.15) is 25.3 Å². The Bertz CT molecular complexity index is 358. The van der Waals surface area contributed by atoms with E-state index in [1.54, 1.807) is 6.07 Å². The highest BCUT2D eigenvalue weighted by Gasteiger charge is 2.48. The molecule has 1 nitrogen and oxygen atoms in total. The number of benzene rings is 1. The Morgan fingerprint density at radius 2 is 2.14 bits per heavy atom. The summed E-state index contributed by atoms with van der Waals surface area (Å²) in [7, 11) is 0. The van der Waals surface area contributed by atoms with Gasteiger partial charge in [0, 0.05) is 16.5 Å². The van der Waals surface area contributed by atoms with E-state index < -0.39 is 0 Å². The van der Waals surface area contributed by atoms with Gasteiger partial charge in [0.2, 0.25) is 0 Å². The van der Waals surface area contributed by atoms with E-state index in [4.69, 9.17) is 17.3 Å². The molecule has 1 fully saturated rings. The molecule has 1 saturated carbocycles. The summed E-state index contributed by atoms with van der Waals surface area (Å²) in [5.74, 6) is -0.292. The monoisotopic (exact) mass is 213 g/mol. The fourth-order valence-corrected chi connectivity index (χ4v) is 2.35. The number of halogens is 2. The molecule has 0 bridgehead atoms. The maximum Gasteiger partial charge on any atom is 0.124 e. The molecule has 0 aromatic heterocycles. The molecule has 14 heavy (non-hydrogen) atoms. The molecule has 0 amide bonds. The highest BCUT2D eigenvalue weighted by atomic mass is 35.5. The van der Waals surface area contributed by atoms with Crippen molar-refractivity contribution in [3.63, 3.8) is 0 Å². The molecule has 1 unspecified atom stereocenters. The van der Waals surface area contributed by atoms with Crippen LogP contribution < -0.4 is 5.73 Å². The van der Waals surface area contributed by atoms with Crippen LogP contribution in [0, 0.1) is 5.82 Å². The van der Waals surface area contributed by atoms with Crippen LogP contribution in [0.3, 0.4) is 0 Å². The van der Waals surface area contributed by atoms with E-state index in [0.717, 1.165) is 18.4 Å².